The lowest BCUT2D eigenvalue weighted by Crippen LogP contribution is -2.40. The Morgan fingerprint density at radius 1 is 1.33 bits per heavy atom. The first-order chi connectivity index (χ1) is 11.2. The number of aliphatic imine (C=N–C) groups is 1. The summed E-state index contributed by atoms with van der Waals surface area (Å²) in [7, 11) is 0. The summed E-state index contributed by atoms with van der Waals surface area (Å²) in [6, 6.07) is 11.6. The third-order valence-corrected chi connectivity index (χ3v) is 3.77. The molecule has 0 spiro atoms. The van der Waals surface area contributed by atoms with Gasteiger partial charge in [0.05, 0.1) is 0 Å². The number of nitrogens with zero attached hydrogens (tertiary/aromatic N) is 2. The Hall–Kier alpha value is -2.03. The maximum atomic E-state index is 11.1. The number of furan rings is 1. The van der Waals surface area contributed by atoms with E-state index in [9.17, 15) is 4.79 Å². The number of amides is 1. The molecule has 1 aliphatic heterocycles. The highest BCUT2D eigenvalue weighted by atomic mass is 127. The maximum Gasteiger partial charge on any atom is 0.284 e. The molecule has 24 heavy (non-hydrogen) atoms. The van der Waals surface area contributed by atoms with Crippen molar-refractivity contribution in [1.82, 2.24) is 5.32 Å². The standard InChI is InChI=1S/C17H20N4O2.HI/c1-2-19-17(20-11-13-7-8-15(23-13)16(18)22)21-10-9-12-5-3-4-6-14(12)21;/h3-8H,2,9-11H2,1H3,(H2,18,22)(H,19,20);1H. The molecule has 2 aromatic rings. The molecule has 1 amide bonds. The van der Waals surface area contributed by atoms with Crippen molar-refractivity contribution in [1.29, 1.82) is 0 Å². The van der Waals surface area contributed by atoms with Gasteiger partial charge in [-0.15, -0.1) is 24.0 Å². The highest BCUT2D eigenvalue weighted by molar-refractivity contribution is 14.0. The van der Waals surface area contributed by atoms with E-state index in [0.717, 1.165) is 25.5 Å². The Balaban J connectivity index is 0.00000208. The van der Waals surface area contributed by atoms with Crippen LogP contribution in [0.2, 0.25) is 0 Å². The Morgan fingerprint density at radius 2 is 2.12 bits per heavy atom. The van der Waals surface area contributed by atoms with Gasteiger partial charge in [0.2, 0.25) is 0 Å². The van der Waals surface area contributed by atoms with Crippen molar-refractivity contribution in [3.63, 3.8) is 0 Å². The van der Waals surface area contributed by atoms with E-state index in [2.05, 4.69) is 33.4 Å². The van der Waals surface area contributed by atoms with E-state index in [1.54, 1.807) is 12.1 Å². The van der Waals surface area contributed by atoms with E-state index < -0.39 is 5.91 Å². The first-order valence-electron chi connectivity index (χ1n) is 7.71. The van der Waals surface area contributed by atoms with Crippen LogP contribution in [-0.4, -0.2) is 25.0 Å². The average Bonchev–Trinajstić information content (AvgIpc) is 3.18. The number of para-hydroxylation sites is 1. The molecule has 0 radical (unpaired) electrons. The smallest absolute Gasteiger partial charge is 0.284 e. The molecule has 1 aliphatic rings. The number of hydrogen-bond donors (Lipinski definition) is 2. The Morgan fingerprint density at radius 3 is 2.83 bits per heavy atom. The molecule has 3 N–H and O–H groups in total. The molecule has 6 nitrogen and oxygen atoms in total. The average molecular weight is 440 g/mol. The van der Waals surface area contributed by atoms with Gasteiger partial charge in [0.1, 0.15) is 12.3 Å². The van der Waals surface area contributed by atoms with Gasteiger partial charge in [0, 0.05) is 18.8 Å². The minimum atomic E-state index is -0.569. The summed E-state index contributed by atoms with van der Waals surface area (Å²) in [6.07, 6.45) is 1.01. The van der Waals surface area contributed by atoms with Gasteiger partial charge < -0.3 is 20.4 Å². The molecular formula is C17H21IN4O2. The molecule has 7 heteroatoms. The number of hydrogen-bond acceptors (Lipinski definition) is 3. The van der Waals surface area contributed by atoms with Crippen molar-refractivity contribution in [2.24, 2.45) is 10.7 Å². The van der Waals surface area contributed by atoms with Crippen LogP contribution >= 0.6 is 24.0 Å². The van der Waals surface area contributed by atoms with Gasteiger partial charge >= 0.3 is 0 Å². The monoisotopic (exact) mass is 440 g/mol. The van der Waals surface area contributed by atoms with Gasteiger partial charge in [-0.05, 0) is 37.1 Å². The van der Waals surface area contributed by atoms with Crippen molar-refractivity contribution < 1.29 is 9.21 Å². The van der Waals surface area contributed by atoms with Gasteiger partial charge in [-0.1, -0.05) is 18.2 Å². The number of nitrogens with two attached hydrogens (primary N) is 1. The number of rotatable bonds is 4. The maximum absolute atomic E-state index is 11.1. The van der Waals surface area contributed by atoms with E-state index >= 15 is 0 Å². The second-order valence-electron chi connectivity index (χ2n) is 5.33. The minimum absolute atomic E-state index is 0. The Labute approximate surface area is 158 Å². The largest absolute Gasteiger partial charge is 0.454 e. The van der Waals surface area contributed by atoms with Crippen LogP contribution < -0.4 is 16.0 Å². The highest BCUT2D eigenvalue weighted by Gasteiger charge is 2.22. The quantitative estimate of drug-likeness (QED) is 0.435. The molecular weight excluding hydrogens is 419 g/mol. The molecule has 0 bridgehead atoms. The number of carbonyl (C=O) groups excluding carboxylic acids is 1. The van der Waals surface area contributed by atoms with E-state index in [4.69, 9.17) is 10.2 Å². The molecule has 0 atom stereocenters. The molecule has 0 unspecified atom stereocenters. The lowest BCUT2D eigenvalue weighted by molar-refractivity contribution is 0.0972. The zero-order chi connectivity index (χ0) is 16.2. The summed E-state index contributed by atoms with van der Waals surface area (Å²) in [5, 5.41) is 3.31. The van der Waals surface area contributed by atoms with E-state index in [0.29, 0.717) is 12.3 Å². The number of anilines is 1. The fraction of sp³-hybridized carbons (Fsp3) is 0.294. The summed E-state index contributed by atoms with van der Waals surface area (Å²) < 4.78 is 5.38. The molecule has 128 valence electrons. The lowest BCUT2D eigenvalue weighted by Gasteiger charge is -2.22. The fourth-order valence-electron chi connectivity index (χ4n) is 2.70. The van der Waals surface area contributed by atoms with Gasteiger partial charge in [-0.25, -0.2) is 4.99 Å². The molecule has 0 saturated heterocycles. The van der Waals surface area contributed by atoms with Crippen LogP contribution in [0.15, 0.2) is 45.8 Å². The topological polar surface area (TPSA) is 83.9 Å². The summed E-state index contributed by atoms with van der Waals surface area (Å²) in [5.41, 5.74) is 7.71. The first-order valence-corrected chi connectivity index (χ1v) is 7.71. The summed E-state index contributed by atoms with van der Waals surface area (Å²) in [4.78, 5) is 17.9. The van der Waals surface area contributed by atoms with Crippen molar-refractivity contribution >= 4 is 41.5 Å². The number of primary amides is 1. The highest BCUT2D eigenvalue weighted by Crippen LogP contribution is 2.27. The Kier molecular flexibility index (Phi) is 6.24. The molecule has 0 fully saturated rings. The predicted molar refractivity (Wildman–Crippen MR) is 105 cm³/mol. The van der Waals surface area contributed by atoms with E-state index in [-0.39, 0.29) is 29.7 Å². The molecule has 0 aliphatic carbocycles. The van der Waals surface area contributed by atoms with Crippen molar-refractivity contribution in [2.75, 3.05) is 18.0 Å². The van der Waals surface area contributed by atoms with E-state index in [1.807, 2.05) is 13.0 Å². The van der Waals surface area contributed by atoms with Gasteiger partial charge in [-0.2, -0.15) is 0 Å². The van der Waals surface area contributed by atoms with Crippen LogP contribution in [0.5, 0.6) is 0 Å². The van der Waals surface area contributed by atoms with Crippen molar-refractivity contribution in [3.05, 3.63) is 53.5 Å². The van der Waals surface area contributed by atoms with Gasteiger partial charge in [0.25, 0.3) is 5.91 Å². The number of fused-ring (bicyclic) bond motifs is 1. The summed E-state index contributed by atoms with van der Waals surface area (Å²) in [6.45, 7) is 4.07. The fourth-order valence-corrected chi connectivity index (χ4v) is 2.70. The molecule has 1 aromatic heterocycles. The molecule has 2 heterocycles. The zero-order valence-corrected chi connectivity index (χ0v) is 15.8. The third kappa shape index (κ3) is 3.89. The first kappa shape index (κ1) is 18.3. The third-order valence-electron chi connectivity index (χ3n) is 3.77. The van der Waals surface area contributed by atoms with Crippen molar-refractivity contribution in [3.8, 4) is 0 Å². The lowest BCUT2D eigenvalue weighted by atomic mass is 10.2. The second-order valence-corrected chi connectivity index (χ2v) is 5.33. The number of carbonyl (C=O) groups is 1. The summed E-state index contributed by atoms with van der Waals surface area (Å²) >= 11 is 0. The van der Waals surface area contributed by atoms with E-state index in [1.165, 1.54) is 11.3 Å². The van der Waals surface area contributed by atoms with Crippen LogP contribution in [0.1, 0.15) is 28.8 Å². The number of halogens is 1. The predicted octanol–water partition coefficient (Wildman–Crippen LogP) is 2.52. The van der Waals surface area contributed by atoms with Gasteiger partial charge in [-0.3, -0.25) is 4.79 Å². The normalized spacial score (nSPS) is 13.4. The summed E-state index contributed by atoms with van der Waals surface area (Å²) in [5.74, 6) is 1.02. The second kappa shape index (κ2) is 8.18. The number of benzene rings is 1. The minimum Gasteiger partial charge on any atom is -0.454 e. The van der Waals surface area contributed by atoms with Crippen molar-refractivity contribution in [2.45, 2.75) is 19.9 Å². The number of nitrogens with one attached hydrogen (secondary N) is 1. The van der Waals surface area contributed by atoms with Crippen LogP contribution in [0, 0.1) is 0 Å². The Bertz CT molecular complexity index is 742. The van der Waals surface area contributed by atoms with Gasteiger partial charge in [0.15, 0.2) is 11.7 Å². The molecule has 1 aromatic carbocycles. The SMILES string of the molecule is CCNC(=NCc1ccc(C(N)=O)o1)N1CCc2ccccc21.I. The van der Waals surface area contributed by atoms with Crippen LogP contribution in [0.3, 0.4) is 0 Å². The molecule has 3 rings (SSSR count). The van der Waals surface area contributed by atoms with Crippen LogP contribution in [0.25, 0.3) is 0 Å². The van der Waals surface area contributed by atoms with Crippen LogP contribution in [-0.2, 0) is 13.0 Å². The number of guanidine groups is 1. The molecule has 0 saturated carbocycles. The van der Waals surface area contributed by atoms with Crippen LogP contribution in [0.4, 0.5) is 5.69 Å². The zero-order valence-electron chi connectivity index (χ0n) is 13.5.